The Hall–Kier alpha value is -1.48. The first-order chi connectivity index (χ1) is 18.6. The Bertz CT molecular complexity index is 881. The molecule has 3 saturated carbocycles. The highest BCUT2D eigenvalue weighted by Gasteiger charge is 2.27. The Morgan fingerprint density at radius 2 is 1.39 bits per heavy atom. The van der Waals surface area contributed by atoms with Crippen molar-refractivity contribution < 1.29 is 13.5 Å². The molecule has 1 aromatic carbocycles. The molecular formula is C35H52F2O. The van der Waals surface area contributed by atoms with Gasteiger partial charge in [-0.2, -0.15) is 0 Å². The van der Waals surface area contributed by atoms with Gasteiger partial charge in [0, 0.05) is 5.56 Å². The molecule has 0 amide bonds. The first-order valence-corrected chi connectivity index (χ1v) is 15.9. The second-order valence-electron chi connectivity index (χ2n) is 12.6. The molecule has 0 spiro atoms. The lowest BCUT2D eigenvalue weighted by Gasteiger charge is -2.29. The number of allylic oxidation sites excluding steroid dienone is 4. The molecule has 3 aliphatic carbocycles. The summed E-state index contributed by atoms with van der Waals surface area (Å²) in [6, 6.07) is 3.61. The second-order valence-corrected chi connectivity index (χ2v) is 12.6. The third kappa shape index (κ3) is 8.51. The normalized spacial score (nSPS) is 30.8. The fourth-order valence-corrected chi connectivity index (χ4v) is 7.42. The van der Waals surface area contributed by atoms with Gasteiger partial charge in [-0.15, -0.1) is 0 Å². The van der Waals surface area contributed by atoms with E-state index in [1.165, 1.54) is 64.2 Å². The van der Waals surface area contributed by atoms with Crippen LogP contribution in [0.3, 0.4) is 0 Å². The lowest BCUT2D eigenvalue weighted by atomic mass is 9.77. The molecule has 0 radical (unpaired) electrons. The van der Waals surface area contributed by atoms with Crippen molar-refractivity contribution in [2.45, 2.75) is 135 Å². The minimum absolute atomic E-state index is 0.163. The summed E-state index contributed by atoms with van der Waals surface area (Å²) < 4.78 is 36.0. The van der Waals surface area contributed by atoms with E-state index < -0.39 is 11.6 Å². The fraction of sp³-hybridized carbons (Fsp3) is 0.714. The molecule has 0 atom stereocenters. The first kappa shape index (κ1) is 29.5. The van der Waals surface area contributed by atoms with Gasteiger partial charge < -0.3 is 4.74 Å². The fourth-order valence-electron chi connectivity index (χ4n) is 7.42. The monoisotopic (exact) mass is 526 g/mol. The minimum Gasteiger partial charge on any atom is -0.373 e. The number of benzene rings is 1. The van der Waals surface area contributed by atoms with E-state index in [1.807, 2.05) is 6.07 Å². The zero-order chi connectivity index (χ0) is 26.7. The topological polar surface area (TPSA) is 9.23 Å². The highest BCUT2D eigenvalue weighted by molar-refractivity contribution is 5.29. The molecule has 0 heterocycles. The molecular weight excluding hydrogens is 474 g/mol. The van der Waals surface area contributed by atoms with E-state index in [-0.39, 0.29) is 18.6 Å². The summed E-state index contributed by atoms with van der Waals surface area (Å²) in [6.07, 6.45) is 28.6. The molecule has 4 rings (SSSR count). The van der Waals surface area contributed by atoms with E-state index in [4.69, 9.17) is 4.74 Å². The SMILES string of the molecule is C/C=C/C1CCC(/C=C/CCC2CCC(OCc3ccc(C4CCC(CCC)CC4)c(F)c3F)CC2)CC1. The zero-order valence-corrected chi connectivity index (χ0v) is 24.1. The average Bonchev–Trinajstić information content (AvgIpc) is 2.94. The molecule has 38 heavy (non-hydrogen) atoms. The quantitative estimate of drug-likeness (QED) is 0.261. The zero-order valence-electron chi connectivity index (χ0n) is 24.1. The van der Waals surface area contributed by atoms with Gasteiger partial charge in [0.25, 0.3) is 0 Å². The molecule has 0 N–H and O–H groups in total. The van der Waals surface area contributed by atoms with Crippen LogP contribution >= 0.6 is 0 Å². The molecule has 1 aromatic rings. The van der Waals surface area contributed by atoms with E-state index in [9.17, 15) is 8.78 Å². The molecule has 0 saturated heterocycles. The van der Waals surface area contributed by atoms with Crippen molar-refractivity contribution in [3.05, 3.63) is 59.2 Å². The summed E-state index contributed by atoms with van der Waals surface area (Å²) >= 11 is 0. The number of rotatable bonds is 11. The van der Waals surface area contributed by atoms with Gasteiger partial charge in [-0.25, -0.2) is 8.78 Å². The third-order valence-electron chi connectivity index (χ3n) is 9.87. The minimum atomic E-state index is -0.686. The molecule has 3 heteroatoms. The summed E-state index contributed by atoms with van der Waals surface area (Å²) in [4.78, 5) is 0. The van der Waals surface area contributed by atoms with Crippen LogP contribution in [0.25, 0.3) is 0 Å². The van der Waals surface area contributed by atoms with Crippen LogP contribution in [-0.2, 0) is 11.3 Å². The largest absolute Gasteiger partial charge is 0.373 e. The molecule has 0 aromatic heterocycles. The Balaban J connectivity index is 1.14. The number of ether oxygens (including phenoxy) is 1. The summed E-state index contributed by atoms with van der Waals surface area (Å²) in [7, 11) is 0. The van der Waals surface area contributed by atoms with E-state index in [2.05, 4.69) is 38.2 Å². The van der Waals surface area contributed by atoms with Crippen LogP contribution in [0.5, 0.6) is 0 Å². The standard InChI is InChI=1S/C35H52F2O/c1-3-7-26-11-13-28(14-12-26)9-5-6-10-29-17-22-32(23-18-29)38-25-31-21-24-33(35(37)34(31)36)30-19-15-27(8-4-2)16-20-30/h3,5,7,9,21,24,26-30,32H,4,6,8,10-20,22-23,25H2,1-2H3/b7-3+,9-5+. The van der Waals surface area contributed by atoms with E-state index >= 15 is 0 Å². The molecule has 3 aliphatic rings. The number of hydrogen-bond acceptors (Lipinski definition) is 1. The third-order valence-corrected chi connectivity index (χ3v) is 9.87. The van der Waals surface area contributed by atoms with Crippen molar-refractivity contribution in [2.24, 2.45) is 23.7 Å². The highest BCUT2D eigenvalue weighted by Crippen LogP contribution is 2.39. The smallest absolute Gasteiger partial charge is 0.164 e. The molecule has 0 unspecified atom stereocenters. The van der Waals surface area contributed by atoms with Crippen molar-refractivity contribution in [3.63, 3.8) is 0 Å². The number of hydrogen-bond donors (Lipinski definition) is 0. The molecule has 1 nitrogen and oxygen atoms in total. The van der Waals surface area contributed by atoms with Crippen LogP contribution in [0, 0.1) is 35.3 Å². The van der Waals surface area contributed by atoms with Crippen molar-refractivity contribution in [1.82, 2.24) is 0 Å². The van der Waals surface area contributed by atoms with Crippen LogP contribution < -0.4 is 0 Å². The second kappa shape index (κ2) is 15.3. The van der Waals surface area contributed by atoms with Gasteiger partial charge in [-0.3, -0.25) is 0 Å². The van der Waals surface area contributed by atoms with Gasteiger partial charge in [0.1, 0.15) is 0 Å². The van der Waals surface area contributed by atoms with Crippen molar-refractivity contribution in [2.75, 3.05) is 0 Å². The molecule has 0 aliphatic heterocycles. The van der Waals surface area contributed by atoms with Crippen LogP contribution in [0.2, 0.25) is 0 Å². The maximum Gasteiger partial charge on any atom is 0.164 e. The summed E-state index contributed by atoms with van der Waals surface area (Å²) in [6.45, 7) is 4.54. The summed E-state index contributed by atoms with van der Waals surface area (Å²) in [5.41, 5.74) is 0.954. The van der Waals surface area contributed by atoms with Gasteiger partial charge in [0.05, 0.1) is 12.7 Å². The Morgan fingerprint density at radius 3 is 2.05 bits per heavy atom. The average molecular weight is 527 g/mol. The van der Waals surface area contributed by atoms with E-state index in [1.54, 1.807) is 6.07 Å². The van der Waals surface area contributed by atoms with Gasteiger partial charge in [0.2, 0.25) is 0 Å². The summed E-state index contributed by atoms with van der Waals surface area (Å²) in [5, 5.41) is 0. The van der Waals surface area contributed by atoms with Crippen LogP contribution in [0.15, 0.2) is 36.4 Å². The first-order valence-electron chi connectivity index (χ1n) is 15.9. The van der Waals surface area contributed by atoms with Crippen LogP contribution in [0.4, 0.5) is 8.78 Å². The van der Waals surface area contributed by atoms with Crippen molar-refractivity contribution in [3.8, 4) is 0 Å². The van der Waals surface area contributed by atoms with Gasteiger partial charge >= 0.3 is 0 Å². The van der Waals surface area contributed by atoms with Gasteiger partial charge in [-0.05, 0) is 132 Å². The van der Waals surface area contributed by atoms with Crippen LogP contribution in [-0.4, -0.2) is 6.10 Å². The van der Waals surface area contributed by atoms with Crippen molar-refractivity contribution in [1.29, 1.82) is 0 Å². The van der Waals surface area contributed by atoms with Crippen LogP contribution in [0.1, 0.15) is 134 Å². The van der Waals surface area contributed by atoms with E-state index in [0.717, 1.165) is 62.2 Å². The van der Waals surface area contributed by atoms with E-state index in [0.29, 0.717) is 11.1 Å². The highest BCUT2D eigenvalue weighted by atomic mass is 19.2. The van der Waals surface area contributed by atoms with Gasteiger partial charge in [0.15, 0.2) is 11.6 Å². The lowest BCUT2D eigenvalue weighted by molar-refractivity contribution is 0.00508. The Morgan fingerprint density at radius 1 is 0.763 bits per heavy atom. The molecule has 0 bridgehead atoms. The Kier molecular flexibility index (Phi) is 11.9. The predicted octanol–water partition coefficient (Wildman–Crippen LogP) is 10.8. The number of halogens is 2. The maximum atomic E-state index is 15.0. The lowest BCUT2D eigenvalue weighted by Crippen LogP contribution is -2.22. The molecule has 3 fully saturated rings. The van der Waals surface area contributed by atoms with Gasteiger partial charge in [-0.1, -0.05) is 56.2 Å². The van der Waals surface area contributed by atoms with Crippen molar-refractivity contribution >= 4 is 0 Å². The summed E-state index contributed by atoms with van der Waals surface area (Å²) in [5.74, 6) is 1.96. The molecule has 212 valence electrons. The Labute approximate surface area is 231 Å². The maximum absolute atomic E-state index is 15.0. The predicted molar refractivity (Wildman–Crippen MR) is 155 cm³/mol.